The third kappa shape index (κ3) is 4.93. The van der Waals surface area contributed by atoms with Crippen molar-refractivity contribution in [1.82, 2.24) is 30.0 Å². The predicted molar refractivity (Wildman–Crippen MR) is 119 cm³/mol. The van der Waals surface area contributed by atoms with Crippen LogP contribution in [-0.4, -0.2) is 61.8 Å². The summed E-state index contributed by atoms with van der Waals surface area (Å²) < 4.78 is 1.96. The van der Waals surface area contributed by atoms with Gasteiger partial charge in [-0.15, -0.1) is 10.2 Å². The van der Waals surface area contributed by atoms with Crippen LogP contribution in [0.5, 0.6) is 0 Å². The molecule has 0 atom stereocenters. The third-order valence-corrected chi connectivity index (χ3v) is 6.09. The molecular formula is C22H24N6O2S. The summed E-state index contributed by atoms with van der Waals surface area (Å²) in [4.78, 5) is 30.4. The highest BCUT2D eigenvalue weighted by Crippen LogP contribution is 2.29. The van der Waals surface area contributed by atoms with E-state index in [0.29, 0.717) is 11.0 Å². The number of hydrogen-bond donors (Lipinski definition) is 1. The number of nitrogens with one attached hydrogen (secondary N) is 1. The number of likely N-dealkylation sites (tertiary alicyclic amines) is 1. The number of aryl methyl sites for hydroxylation is 1. The van der Waals surface area contributed by atoms with Gasteiger partial charge in [-0.2, -0.15) is 0 Å². The predicted octanol–water partition coefficient (Wildman–Crippen LogP) is 2.47. The summed E-state index contributed by atoms with van der Waals surface area (Å²) in [5.74, 6) is 0.596. The van der Waals surface area contributed by atoms with Gasteiger partial charge in [0, 0.05) is 31.0 Å². The van der Waals surface area contributed by atoms with Crippen molar-refractivity contribution in [2.75, 3.05) is 25.4 Å². The number of benzene rings is 1. The first-order valence-electron chi connectivity index (χ1n) is 10.2. The van der Waals surface area contributed by atoms with Gasteiger partial charge in [0.15, 0.2) is 11.0 Å². The average Bonchev–Trinajstić information content (AvgIpc) is 3.47. The topological polar surface area (TPSA) is 93.0 Å². The Balaban J connectivity index is 1.49. The number of thioether (sulfide) groups is 1. The molecule has 0 saturated carbocycles. The molecule has 31 heavy (non-hydrogen) atoms. The molecule has 3 aromatic rings. The molecule has 1 aliphatic rings. The second kappa shape index (κ2) is 9.74. The summed E-state index contributed by atoms with van der Waals surface area (Å²) in [6, 6.07) is 11.7. The van der Waals surface area contributed by atoms with Gasteiger partial charge < -0.3 is 10.2 Å². The largest absolute Gasteiger partial charge is 0.346 e. The van der Waals surface area contributed by atoms with Crippen molar-refractivity contribution in [3.8, 4) is 17.1 Å². The Morgan fingerprint density at radius 3 is 2.55 bits per heavy atom. The standard InChI is InChI=1S/C22H24N6O2S/c1-16-6-2-3-7-18(16)28-21(17-8-10-23-11-9-17)25-26-22(28)31-15-19(29)24-14-20(30)27-12-4-5-13-27/h2-3,6-11H,4-5,12-15H2,1H3,(H,24,29). The highest BCUT2D eigenvalue weighted by molar-refractivity contribution is 7.99. The van der Waals surface area contributed by atoms with E-state index in [1.165, 1.54) is 11.8 Å². The third-order valence-electron chi connectivity index (χ3n) is 5.16. The maximum atomic E-state index is 12.4. The Labute approximate surface area is 185 Å². The molecule has 8 nitrogen and oxygen atoms in total. The van der Waals surface area contributed by atoms with Crippen LogP contribution in [0.2, 0.25) is 0 Å². The van der Waals surface area contributed by atoms with E-state index >= 15 is 0 Å². The molecule has 4 rings (SSSR count). The molecule has 0 spiro atoms. The summed E-state index contributed by atoms with van der Waals surface area (Å²) in [6.07, 6.45) is 5.49. The smallest absolute Gasteiger partial charge is 0.241 e. The lowest BCUT2D eigenvalue weighted by molar-refractivity contribution is -0.131. The minimum atomic E-state index is -0.206. The summed E-state index contributed by atoms with van der Waals surface area (Å²) in [7, 11) is 0. The average molecular weight is 437 g/mol. The van der Waals surface area contributed by atoms with Crippen LogP contribution in [0.4, 0.5) is 0 Å². The van der Waals surface area contributed by atoms with E-state index in [2.05, 4.69) is 20.5 Å². The molecule has 9 heteroatoms. The molecule has 1 fully saturated rings. The first-order valence-corrected chi connectivity index (χ1v) is 11.2. The van der Waals surface area contributed by atoms with Gasteiger partial charge in [-0.3, -0.25) is 19.1 Å². The van der Waals surface area contributed by atoms with Crippen LogP contribution < -0.4 is 5.32 Å². The lowest BCUT2D eigenvalue weighted by Crippen LogP contribution is -2.39. The first-order chi connectivity index (χ1) is 15.1. The molecule has 1 aromatic carbocycles. The lowest BCUT2D eigenvalue weighted by Gasteiger charge is -2.15. The number of aromatic nitrogens is 4. The van der Waals surface area contributed by atoms with Gasteiger partial charge in [-0.25, -0.2) is 0 Å². The number of pyridine rings is 1. The fraction of sp³-hybridized carbons (Fsp3) is 0.318. The zero-order chi connectivity index (χ0) is 21.6. The van der Waals surface area contributed by atoms with E-state index in [4.69, 9.17) is 0 Å². The summed E-state index contributed by atoms with van der Waals surface area (Å²) in [5, 5.41) is 12.1. The molecule has 0 radical (unpaired) electrons. The zero-order valence-corrected chi connectivity index (χ0v) is 18.1. The van der Waals surface area contributed by atoms with E-state index in [1.54, 1.807) is 17.3 Å². The SMILES string of the molecule is Cc1ccccc1-n1c(SCC(=O)NCC(=O)N2CCCC2)nnc1-c1ccncc1. The quantitative estimate of drug-likeness (QED) is 0.572. The van der Waals surface area contributed by atoms with Gasteiger partial charge in [0.25, 0.3) is 0 Å². The van der Waals surface area contributed by atoms with Gasteiger partial charge in [0.2, 0.25) is 11.8 Å². The second-order valence-electron chi connectivity index (χ2n) is 7.32. The van der Waals surface area contributed by atoms with E-state index in [0.717, 1.165) is 42.7 Å². The summed E-state index contributed by atoms with van der Waals surface area (Å²) in [6.45, 7) is 3.62. The molecule has 0 bridgehead atoms. The van der Waals surface area contributed by atoms with Gasteiger partial charge in [0.1, 0.15) is 0 Å². The number of carbonyl (C=O) groups excluding carboxylic acids is 2. The number of nitrogens with zero attached hydrogens (tertiary/aromatic N) is 5. The van der Waals surface area contributed by atoms with Crippen molar-refractivity contribution in [3.05, 3.63) is 54.4 Å². The Morgan fingerprint density at radius 1 is 1.06 bits per heavy atom. The maximum absolute atomic E-state index is 12.4. The number of hydrogen-bond acceptors (Lipinski definition) is 6. The van der Waals surface area contributed by atoms with Gasteiger partial charge in [-0.1, -0.05) is 30.0 Å². The number of amides is 2. The van der Waals surface area contributed by atoms with Crippen LogP contribution in [-0.2, 0) is 9.59 Å². The summed E-state index contributed by atoms with van der Waals surface area (Å²) >= 11 is 1.29. The maximum Gasteiger partial charge on any atom is 0.241 e. The van der Waals surface area contributed by atoms with E-state index in [-0.39, 0.29) is 24.1 Å². The highest BCUT2D eigenvalue weighted by Gasteiger charge is 2.20. The monoisotopic (exact) mass is 436 g/mol. The molecule has 160 valence electrons. The molecule has 1 N–H and O–H groups in total. The minimum Gasteiger partial charge on any atom is -0.346 e. The van der Waals surface area contributed by atoms with Crippen LogP contribution in [0, 0.1) is 6.92 Å². The molecule has 1 aliphatic heterocycles. The van der Waals surface area contributed by atoms with Crippen LogP contribution in [0.25, 0.3) is 17.1 Å². The normalized spacial score (nSPS) is 13.4. The number of rotatable bonds is 7. The van der Waals surface area contributed by atoms with Crippen LogP contribution in [0.15, 0.2) is 53.9 Å². The molecule has 1 saturated heterocycles. The van der Waals surface area contributed by atoms with Gasteiger partial charge in [-0.05, 0) is 43.5 Å². The fourth-order valence-corrected chi connectivity index (χ4v) is 4.29. The molecule has 0 aliphatic carbocycles. The van der Waals surface area contributed by atoms with Crippen molar-refractivity contribution in [2.24, 2.45) is 0 Å². The lowest BCUT2D eigenvalue weighted by atomic mass is 10.2. The van der Waals surface area contributed by atoms with E-state index in [9.17, 15) is 9.59 Å². The molecule has 3 heterocycles. The Bertz CT molecular complexity index is 1060. The van der Waals surface area contributed by atoms with Crippen LogP contribution in [0.1, 0.15) is 18.4 Å². The molecular weight excluding hydrogens is 412 g/mol. The van der Waals surface area contributed by atoms with Crippen molar-refractivity contribution in [2.45, 2.75) is 24.9 Å². The number of carbonyl (C=O) groups is 2. The van der Waals surface area contributed by atoms with Crippen LogP contribution in [0.3, 0.4) is 0 Å². The van der Waals surface area contributed by atoms with E-state index in [1.807, 2.05) is 47.9 Å². The van der Waals surface area contributed by atoms with Crippen LogP contribution >= 0.6 is 11.8 Å². The Kier molecular flexibility index (Phi) is 6.61. The molecule has 2 amide bonds. The Hall–Kier alpha value is -3.20. The molecule has 2 aromatic heterocycles. The van der Waals surface area contributed by atoms with Crippen molar-refractivity contribution < 1.29 is 9.59 Å². The van der Waals surface area contributed by atoms with Gasteiger partial charge in [0.05, 0.1) is 18.0 Å². The Morgan fingerprint density at radius 2 is 1.81 bits per heavy atom. The van der Waals surface area contributed by atoms with E-state index < -0.39 is 0 Å². The first kappa shape index (κ1) is 21.0. The van der Waals surface area contributed by atoms with Crippen molar-refractivity contribution >= 4 is 23.6 Å². The van der Waals surface area contributed by atoms with Gasteiger partial charge >= 0.3 is 0 Å². The van der Waals surface area contributed by atoms with Crippen molar-refractivity contribution in [3.63, 3.8) is 0 Å². The molecule has 0 unspecified atom stereocenters. The van der Waals surface area contributed by atoms with Crippen molar-refractivity contribution in [1.29, 1.82) is 0 Å². The fourth-order valence-electron chi connectivity index (χ4n) is 3.52. The number of para-hydroxylation sites is 1. The highest BCUT2D eigenvalue weighted by atomic mass is 32.2. The zero-order valence-electron chi connectivity index (χ0n) is 17.3. The second-order valence-corrected chi connectivity index (χ2v) is 8.26. The minimum absolute atomic E-state index is 0.0288. The summed E-state index contributed by atoms with van der Waals surface area (Å²) in [5.41, 5.74) is 2.91.